The number of carbonyl (C=O) groups is 2. The molecule has 0 radical (unpaired) electrons. The highest BCUT2D eigenvalue weighted by Crippen LogP contribution is 2.36. The molecule has 180 valence electrons. The first-order valence-electron chi connectivity index (χ1n) is 12.1. The molecule has 2 amide bonds. The van der Waals surface area contributed by atoms with Gasteiger partial charge in [-0.1, -0.05) is 25.3 Å². The number of thiophene rings is 1. The molecule has 4 heterocycles. The van der Waals surface area contributed by atoms with Crippen molar-refractivity contribution in [2.75, 3.05) is 13.2 Å². The van der Waals surface area contributed by atoms with E-state index in [1.165, 1.54) is 23.8 Å². The Labute approximate surface area is 203 Å². The highest BCUT2D eigenvalue weighted by atomic mass is 32.1. The van der Waals surface area contributed by atoms with Gasteiger partial charge in [0.25, 0.3) is 5.91 Å². The van der Waals surface area contributed by atoms with Gasteiger partial charge in [0.2, 0.25) is 5.91 Å². The first-order valence-corrected chi connectivity index (χ1v) is 12.9. The van der Waals surface area contributed by atoms with Crippen LogP contribution in [0.25, 0.3) is 10.4 Å². The third kappa shape index (κ3) is 4.53. The number of halogens is 1. The van der Waals surface area contributed by atoms with E-state index in [0.29, 0.717) is 23.6 Å². The maximum absolute atomic E-state index is 13.9. The fraction of sp³-hybridized carbons (Fsp3) is 0.500. The summed E-state index contributed by atoms with van der Waals surface area (Å²) in [4.78, 5) is 34.2. The zero-order valence-electron chi connectivity index (χ0n) is 19.1. The summed E-state index contributed by atoms with van der Waals surface area (Å²) in [6, 6.07) is 4.37. The van der Waals surface area contributed by atoms with Crippen LogP contribution in [0.1, 0.15) is 48.2 Å². The second-order valence-corrected chi connectivity index (χ2v) is 10.6. The molecular formula is C26H30FN3O3S. The largest absolute Gasteiger partial charge is 0.375 e. The first kappa shape index (κ1) is 23.2. The van der Waals surface area contributed by atoms with E-state index >= 15 is 0 Å². The van der Waals surface area contributed by atoms with Gasteiger partial charge in [0.1, 0.15) is 11.9 Å². The molecule has 2 aromatic heterocycles. The number of pyridine rings is 1. The molecule has 3 aliphatic rings. The molecule has 1 aliphatic carbocycles. The van der Waals surface area contributed by atoms with Crippen LogP contribution in [-0.2, 0) is 9.53 Å². The number of fused-ring (bicyclic) bond motifs is 1. The van der Waals surface area contributed by atoms with Crippen LogP contribution in [0.4, 0.5) is 4.39 Å². The summed E-state index contributed by atoms with van der Waals surface area (Å²) in [7, 11) is 0. The minimum atomic E-state index is -0.556. The van der Waals surface area contributed by atoms with Gasteiger partial charge in [-0.05, 0) is 43.4 Å². The Balaban J connectivity index is 1.36. The third-order valence-corrected chi connectivity index (χ3v) is 8.55. The summed E-state index contributed by atoms with van der Waals surface area (Å²) < 4.78 is 19.5. The summed E-state index contributed by atoms with van der Waals surface area (Å²) in [5, 5.41) is 3.09. The highest BCUT2D eigenvalue weighted by molar-refractivity contribution is 7.17. The topological polar surface area (TPSA) is 71.5 Å². The van der Waals surface area contributed by atoms with Crippen molar-refractivity contribution in [3.05, 3.63) is 53.9 Å². The fourth-order valence-electron chi connectivity index (χ4n) is 5.67. The van der Waals surface area contributed by atoms with Gasteiger partial charge in [-0.25, -0.2) is 4.39 Å². The molecule has 3 fully saturated rings. The maximum atomic E-state index is 13.9. The van der Waals surface area contributed by atoms with Crippen molar-refractivity contribution in [2.45, 2.75) is 56.7 Å². The van der Waals surface area contributed by atoms with Crippen molar-refractivity contribution in [3.8, 4) is 10.4 Å². The number of ether oxygens (including phenoxy) is 1. The fourth-order valence-corrected chi connectivity index (χ4v) is 6.57. The van der Waals surface area contributed by atoms with Crippen molar-refractivity contribution in [2.24, 2.45) is 11.8 Å². The molecule has 34 heavy (non-hydrogen) atoms. The standard InChI is InChI=1S/C26H30FN3O3S/c1-2-16-15-33-20-10-11-30(24(16)20)26(32)23(17-6-4-3-5-7-17)29-25(31)22-9-8-21(34-22)18-12-19(27)14-28-13-18/h2,8-9,12-14,16-17,20,23-24H,1,3-7,10-11,15H2,(H,29,31). The number of nitrogens with one attached hydrogen (secondary N) is 1. The molecular weight excluding hydrogens is 453 g/mol. The van der Waals surface area contributed by atoms with E-state index in [2.05, 4.69) is 16.9 Å². The molecule has 1 saturated carbocycles. The number of likely N-dealkylation sites (tertiary alicyclic amines) is 1. The molecule has 4 atom stereocenters. The van der Waals surface area contributed by atoms with Crippen molar-refractivity contribution < 1.29 is 18.7 Å². The molecule has 2 aliphatic heterocycles. The molecule has 0 aromatic carbocycles. The molecule has 2 aromatic rings. The van der Waals surface area contributed by atoms with Crippen LogP contribution >= 0.6 is 11.3 Å². The van der Waals surface area contributed by atoms with E-state index in [4.69, 9.17) is 4.74 Å². The zero-order valence-corrected chi connectivity index (χ0v) is 19.9. The van der Waals surface area contributed by atoms with Crippen LogP contribution in [0.15, 0.2) is 43.2 Å². The van der Waals surface area contributed by atoms with Crippen LogP contribution in [0, 0.1) is 17.7 Å². The van der Waals surface area contributed by atoms with Crippen molar-refractivity contribution in [1.82, 2.24) is 15.2 Å². The number of hydrogen-bond donors (Lipinski definition) is 1. The van der Waals surface area contributed by atoms with E-state index in [1.807, 2.05) is 11.0 Å². The van der Waals surface area contributed by atoms with Gasteiger partial charge < -0.3 is 15.0 Å². The molecule has 1 N–H and O–H groups in total. The minimum absolute atomic E-state index is 0.00168. The summed E-state index contributed by atoms with van der Waals surface area (Å²) in [6.45, 7) is 5.18. The molecule has 0 spiro atoms. The van der Waals surface area contributed by atoms with Crippen molar-refractivity contribution in [1.29, 1.82) is 0 Å². The number of carbonyl (C=O) groups excluding carboxylic acids is 2. The monoisotopic (exact) mass is 483 g/mol. The summed E-state index contributed by atoms with van der Waals surface area (Å²) in [5.41, 5.74) is 0.628. The number of rotatable bonds is 6. The second-order valence-electron chi connectivity index (χ2n) is 9.49. The average Bonchev–Trinajstić information content (AvgIpc) is 3.59. The van der Waals surface area contributed by atoms with Gasteiger partial charge in [0.05, 0.1) is 29.8 Å². The molecule has 8 heteroatoms. The second kappa shape index (κ2) is 9.96. The molecule has 6 nitrogen and oxygen atoms in total. The van der Waals surface area contributed by atoms with Gasteiger partial charge >= 0.3 is 0 Å². The predicted molar refractivity (Wildman–Crippen MR) is 129 cm³/mol. The van der Waals surface area contributed by atoms with E-state index in [0.717, 1.165) is 43.2 Å². The first-order chi connectivity index (χ1) is 16.5. The molecule has 4 unspecified atom stereocenters. The summed E-state index contributed by atoms with van der Waals surface area (Å²) in [6.07, 6.45) is 10.7. The zero-order chi connectivity index (χ0) is 23.7. The van der Waals surface area contributed by atoms with Crippen LogP contribution in [0.2, 0.25) is 0 Å². The Morgan fingerprint density at radius 3 is 2.82 bits per heavy atom. The van der Waals surface area contributed by atoms with Gasteiger partial charge in [-0.15, -0.1) is 17.9 Å². The minimum Gasteiger partial charge on any atom is -0.375 e. The van der Waals surface area contributed by atoms with Gasteiger partial charge in [0.15, 0.2) is 0 Å². The van der Waals surface area contributed by atoms with Crippen molar-refractivity contribution in [3.63, 3.8) is 0 Å². The number of aromatic nitrogens is 1. The smallest absolute Gasteiger partial charge is 0.262 e. The molecule has 2 saturated heterocycles. The van der Waals surface area contributed by atoms with E-state index in [1.54, 1.807) is 18.3 Å². The Morgan fingerprint density at radius 2 is 2.06 bits per heavy atom. The Kier molecular flexibility index (Phi) is 6.79. The van der Waals surface area contributed by atoms with Crippen LogP contribution in [0.5, 0.6) is 0 Å². The summed E-state index contributed by atoms with van der Waals surface area (Å²) >= 11 is 1.28. The van der Waals surface area contributed by atoms with E-state index < -0.39 is 11.9 Å². The lowest BCUT2D eigenvalue weighted by atomic mass is 9.83. The third-order valence-electron chi connectivity index (χ3n) is 7.42. The average molecular weight is 484 g/mol. The Hall–Kier alpha value is -2.58. The maximum Gasteiger partial charge on any atom is 0.262 e. The lowest BCUT2D eigenvalue weighted by molar-refractivity contribution is -0.136. The molecule has 5 rings (SSSR count). The number of hydrogen-bond acceptors (Lipinski definition) is 5. The van der Waals surface area contributed by atoms with Gasteiger partial charge in [-0.3, -0.25) is 14.6 Å². The quantitative estimate of drug-likeness (QED) is 0.617. The van der Waals surface area contributed by atoms with Gasteiger partial charge in [-0.2, -0.15) is 0 Å². The van der Waals surface area contributed by atoms with Crippen molar-refractivity contribution >= 4 is 23.2 Å². The lowest BCUT2D eigenvalue weighted by Crippen LogP contribution is -2.55. The Morgan fingerprint density at radius 1 is 1.24 bits per heavy atom. The van der Waals surface area contributed by atoms with Crippen LogP contribution in [0.3, 0.4) is 0 Å². The number of amides is 2. The van der Waals surface area contributed by atoms with Crippen LogP contribution < -0.4 is 5.32 Å². The Bertz CT molecular complexity index is 1070. The predicted octanol–water partition coefficient (Wildman–Crippen LogP) is 4.43. The van der Waals surface area contributed by atoms with E-state index in [9.17, 15) is 14.0 Å². The number of nitrogens with zero attached hydrogens (tertiary/aromatic N) is 2. The summed E-state index contributed by atoms with van der Waals surface area (Å²) in [5.74, 6) is -0.434. The van der Waals surface area contributed by atoms with Gasteiger partial charge in [0, 0.05) is 29.1 Å². The lowest BCUT2D eigenvalue weighted by Gasteiger charge is -2.35. The SMILES string of the molecule is C=CC1COC2CCN(C(=O)C(NC(=O)c3ccc(-c4cncc(F)c4)s3)C3CCCCC3)C12. The molecule has 0 bridgehead atoms. The normalized spacial score (nSPS) is 25.7. The van der Waals surface area contributed by atoms with Crippen LogP contribution in [-0.4, -0.2) is 53.0 Å². The highest BCUT2D eigenvalue weighted by Gasteiger charge is 2.48. The van der Waals surface area contributed by atoms with E-state index in [-0.39, 0.29) is 35.8 Å².